The molecule has 0 aromatic heterocycles. The van der Waals surface area contributed by atoms with E-state index in [1.165, 1.54) is 35.6 Å². The average molecular weight is 318 g/mol. The Kier molecular flexibility index (Phi) is 3.90. The van der Waals surface area contributed by atoms with Crippen molar-refractivity contribution in [2.24, 2.45) is 5.92 Å². The van der Waals surface area contributed by atoms with Crippen LogP contribution in [0.5, 0.6) is 0 Å². The lowest BCUT2D eigenvalue weighted by atomic mass is 9.77. The van der Waals surface area contributed by atoms with Crippen molar-refractivity contribution < 1.29 is 0 Å². The summed E-state index contributed by atoms with van der Waals surface area (Å²) in [7, 11) is 0. The zero-order valence-electron chi connectivity index (χ0n) is 11.3. The molecular weight excluding hydrogens is 298 g/mol. The Labute approximate surface area is 123 Å². The van der Waals surface area contributed by atoms with Gasteiger partial charge in [-0.25, -0.2) is 0 Å². The Morgan fingerprint density at radius 1 is 1.16 bits per heavy atom. The van der Waals surface area contributed by atoms with Crippen LogP contribution in [0.1, 0.15) is 37.8 Å². The first-order valence-electron chi connectivity index (χ1n) is 7.20. The number of hydrogen-bond acceptors (Lipinski definition) is 1. The van der Waals surface area contributed by atoms with Gasteiger partial charge < -0.3 is 5.32 Å². The van der Waals surface area contributed by atoms with E-state index in [-0.39, 0.29) is 0 Å². The zero-order valence-corrected chi connectivity index (χ0v) is 12.9. The van der Waals surface area contributed by atoms with Gasteiger partial charge in [0.2, 0.25) is 0 Å². The summed E-state index contributed by atoms with van der Waals surface area (Å²) in [5.74, 6) is 0.827. The Morgan fingerprint density at radius 2 is 1.89 bits per heavy atom. The van der Waals surface area contributed by atoms with Gasteiger partial charge in [-0.05, 0) is 59.8 Å². The number of fused-ring (bicyclic) bond motifs is 1. The van der Waals surface area contributed by atoms with Gasteiger partial charge in [0.05, 0.1) is 0 Å². The Bertz CT molecular complexity index is 574. The molecule has 19 heavy (non-hydrogen) atoms. The molecule has 0 amide bonds. The summed E-state index contributed by atoms with van der Waals surface area (Å²) < 4.78 is 1.15. The summed E-state index contributed by atoms with van der Waals surface area (Å²) in [6, 6.07) is 13.9. The molecular formula is C17H20BrN. The van der Waals surface area contributed by atoms with E-state index in [0.29, 0.717) is 6.04 Å². The van der Waals surface area contributed by atoms with Crippen LogP contribution in [0.2, 0.25) is 0 Å². The molecule has 2 aromatic carbocycles. The average Bonchev–Trinajstić information content (AvgIpc) is 2.35. The summed E-state index contributed by atoms with van der Waals surface area (Å²) >= 11 is 3.54. The van der Waals surface area contributed by atoms with Crippen molar-refractivity contribution >= 4 is 26.7 Å². The van der Waals surface area contributed by atoms with Gasteiger partial charge in [-0.1, -0.05) is 47.5 Å². The molecule has 1 atom stereocenters. The van der Waals surface area contributed by atoms with Gasteiger partial charge in [0.15, 0.2) is 0 Å². The second-order valence-corrected chi connectivity index (χ2v) is 6.39. The van der Waals surface area contributed by atoms with Crippen LogP contribution in [0.25, 0.3) is 10.8 Å². The molecule has 1 unspecified atom stereocenters. The molecule has 0 saturated heterocycles. The number of rotatable bonds is 4. The first kappa shape index (κ1) is 13.1. The third-order valence-electron chi connectivity index (χ3n) is 4.23. The van der Waals surface area contributed by atoms with E-state index >= 15 is 0 Å². The quantitative estimate of drug-likeness (QED) is 0.831. The fraction of sp³-hybridized carbons (Fsp3) is 0.412. The van der Waals surface area contributed by atoms with Gasteiger partial charge in [0.1, 0.15) is 0 Å². The van der Waals surface area contributed by atoms with Crippen LogP contribution < -0.4 is 5.32 Å². The van der Waals surface area contributed by atoms with Crippen LogP contribution in [0.3, 0.4) is 0 Å². The molecule has 1 saturated carbocycles. The first-order chi connectivity index (χ1) is 9.28. The fourth-order valence-corrected chi connectivity index (χ4v) is 3.36. The maximum Gasteiger partial charge on any atom is 0.0348 e. The second-order valence-electron chi connectivity index (χ2n) is 5.48. The minimum Gasteiger partial charge on any atom is -0.310 e. The van der Waals surface area contributed by atoms with Crippen molar-refractivity contribution in [1.82, 2.24) is 5.32 Å². The van der Waals surface area contributed by atoms with Crippen LogP contribution >= 0.6 is 15.9 Å². The summed E-state index contributed by atoms with van der Waals surface area (Å²) in [4.78, 5) is 0. The highest BCUT2D eigenvalue weighted by molar-refractivity contribution is 9.10. The van der Waals surface area contributed by atoms with E-state index in [1.54, 1.807) is 0 Å². The van der Waals surface area contributed by atoms with Crippen LogP contribution in [-0.4, -0.2) is 6.54 Å². The molecule has 0 bridgehead atoms. The lowest BCUT2D eigenvalue weighted by molar-refractivity contribution is 0.233. The molecule has 1 N–H and O–H groups in total. The van der Waals surface area contributed by atoms with Crippen molar-refractivity contribution in [2.45, 2.75) is 32.2 Å². The van der Waals surface area contributed by atoms with Gasteiger partial charge in [0.25, 0.3) is 0 Å². The molecule has 0 radical (unpaired) electrons. The van der Waals surface area contributed by atoms with Crippen molar-refractivity contribution in [3.63, 3.8) is 0 Å². The predicted octanol–water partition coefficient (Wildman–Crippen LogP) is 5.05. The standard InChI is InChI=1S/C17H20BrN/c1-2-19-17(12-4-3-5-12)15-7-6-14-11-16(18)9-8-13(14)10-15/h6-12,17,19H,2-5H2,1H3. The van der Waals surface area contributed by atoms with E-state index in [1.807, 2.05) is 0 Å². The van der Waals surface area contributed by atoms with Crippen LogP contribution in [0.15, 0.2) is 40.9 Å². The predicted molar refractivity (Wildman–Crippen MR) is 85.4 cm³/mol. The molecule has 1 fully saturated rings. The van der Waals surface area contributed by atoms with Crippen molar-refractivity contribution in [3.8, 4) is 0 Å². The van der Waals surface area contributed by atoms with E-state index < -0.39 is 0 Å². The monoisotopic (exact) mass is 317 g/mol. The van der Waals surface area contributed by atoms with Crippen LogP contribution in [-0.2, 0) is 0 Å². The van der Waals surface area contributed by atoms with E-state index in [9.17, 15) is 0 Å². The molecule has 0 heterocycles. The number of nitrogens with one attached hydrogen (secondary N) is 1. The third kappa shape index (κ3) is 2.70. The molecule has 0 spiro atoms. The Balaban J connectivity index is 1.96. The lowest BCUT2D eigenvalue weighted by Crippen LogP contribution is -2.32. The second kappa shape index (κ2) is 5.64. The van der Waals surface area contributed by atoms with Gasteiger partial charge in [-0.15, -0.1) is 0 Å². The zero-order chi connectivity index (χ0) is 13.2. The molecule has 1 nitrogen and oxygen atoms in total. The topological polar surface area (TPSA) is 12.0 Å². The van der Waals surface area contributed by atoms with Gasteiger partial charge in [0, 0.05) is 10.5 Å². The minimum atomic E-state index is 0.534. The summed E-state index contributed by atoms with van der Waals surface area (Å²) in [5, 5.41) is 6.31. The van der Waals surface area contributed by atoms with Crippen LogP contribution in [0, 0.1) is 5.92 Å². The molecule has 100 valence electrons. The maximum atomic E-state index is 3.67. The first-order valence-corrected chi connectivity index (χ1v) is 8.00. The summed E-state index contributed by atoms with van der Waals surface area (Å²) in [6.45, 7) is 3.24. The summed E-state index contributed by atoms with van der Waals surface area (Å²) in [6.07, 6.45) is 4.14. The van der Waals surface area contributed by atoms with E-state index in [2.05, 4.69) is 64.6 Å². The molecule has 2 aromatic rings. The highest BCUT2D eigenvalue weighted by Gasteiger charge is 2.27. The Morgan fingerprint density at radius 3 is 2.58 bits per heavy atom. The normalized spacial score (nSPS) is 17.4. The lowest BCUT2D eigenvalue weighted by Gasteiger charge is -2.34. The maximum absolute atomic E-state index is 3.67. The SMILES string of the molecule is CCNC(c1ccc2cc(Br)ccc2c1)C1CCC1. The summed E-state index contributed by atoms with van der Waals surface area (Å²) in [5.41, 5.74) is 1.45. The highest BCUT2D eigenvalue weighted by Crippen LogP contribution is 2.38. The highest BCUT2D eigenvalue weighted by atomic mass is 79.9. The molecule has 1 aliphatic carbocycles. The van der Waals surface area contributed by atoms with Crippen molar-refractivity contribution in [2.75, 3.05) is 6.54 Å². The van der Waals surface area contributed by atoms with Crippen molar-refractivity contribution in [3.05, 3.63) is 46.4 Å². The number of benzene rings is 2. The van der Waals surface area contributed by atoms with E-state index in [0.717, 1.165) is 16.9 Å². The number of halogens is 1. The van der Waals surface area contributed by atoms with E-state index in [4.69, 9.17) is 0 Å². The van der Waals surface area contributed by atoms with Gasteiger partial charge in [-0.3, -0.25) is 0 Å². The van der Waals surface area contributed by atoms with Crippen LogP contribution in [0.4, 0.5) is 0 Å². The third-order valence-corrected chi connectivity index (χ3v) is 4.72. The molecule has 1 aliphatic rings. The fourth-order valence-electron chi connectivity index (χ4n) is 2.98. The largest absolute Gasteiger partial charge is 0.310 e. The van der Waals surface area contributed by atoms with Gasteiger partial charge >= 0.3 is 0 Å². The smallest absolute Gasteiger partial charge is 0.0348 e. The molecule has 2 heteroatoms. The van der Waals surface area contributed by atoms with Crippen molar-refractivity contribution in [1.29, 1.82) is 0 Å². The molecule has 0 aliphatic heterocycles. The Hall–Kier alpha value is -0.860. The number of hydrogen-bond donors (Lipinski definition) is 1. The minimum absolute atomic E-state index is 0.534. The van der Waals surface area contributed by atoms with Gasteiger partial charge in [-0.2, -0.15) is 0 Å². The molecule has 3 rings (SSSR count).